The van der Waals surface area contributed by atoms with Crippen LogP contribution in [-0.4, -0.2) is 21.6 Å². The summed E-state index contributed by atoms with van der Waals surface area (Å²) in [5, 5.41) is 4.35. The number of nitrogens with zero attached hydrogens (tertiary/aromatic N) is 4. The van der Waals surface area contributed by atoms with Gasteiger partial charge in [-0.1, -0.05) is 30.3 Å². The molecule has 0 saturated heterocycles. The van der Waals surface area contributed by atoms with Gasteiger partial charge < -0.3 is 9.88 Å². The largest absolute Gasteiger partial charge is 0.352 e. The Morgan fingerprint density at radius 2 is 1.67 bits per heavy atom. The van der Waals surface area contributed by atoms with Crippen LogP contribution in [0.1, 0.15) is 5.69 Å². The summed E-state index contributed by atoms with van der Waals surface area (Å²) in [6.07, 6.45) is 1.79. The Morgan fingerprint density at radius 3 is 2.47 bits per heavy atom. The van der Waals surface area contributed by atoms with Crippen molar-refractivity contribution < 1.29 is 0 Å². The summed E-state index contributed by atoms with van der Waals surface area (Å²) in [6.45, 7) is 1.99. The predicted molar refractivity (Wildman–Crippen MR) is 121 cm³/mol. The average Bonchev–Trinajstić information content (AvgIpc) is 2.79. The van der Waals surface area contributed by atoms with Gasteiger partial charge in [0.15, 0.2) is 0 Å². The molecule has 0 unspecified atom stereocenters. The van der Waals surface area contributed by atoms with Crippen molar-refractivity contribution in [1.82, 2.24) is 14.5 Å². The van der Waals surface area contributed by atoms with Crippen molar-refractivity contribution >= 4 is 22.4 Å². The van der Waals surface area contributed by atoms with E-state index in [1.165, 1.54) is 0 Å². The molecule has 0 atom stereocenters. The fourth-order valence-electron chi connectivity index (χ4n) is 3.74. The maximum atomic E-state index is 4.95. The van der Waals surface area contributed by atoms with E-state index in [9.17, 15) is 0 Å². The highest BCUT2D eigenvalue weighted by Crippen LogP contribution is 2.30. The standard InChI is InChI=1S/C25H21N5/c1-17-19(12-8-14-27-17)28-22-15-23-25(16-21(22)26-2)30(18-9-4-3-5-10-18)24-13-7-6-11-20(24)29-23/h3-16,28H,1-2H3. The number of hydrogen-bond donors (Lipinski definition) is 1. The smallest absolute Gasteiger partial charge is 0.0900 e. The van der Waals surface area contributed by atoms with Gasteiger partial charge in [-0.3, -0.25) is 9.98 Å². The SMILES string of the molecule is CN=c1cc2n(-c3ccccc3)c3ccccc3nc-2cc1Nc1cccnc1C. The Labute approximate surface area is 174 Å². The first-order valence-corrected chi connectivity index (χ1v) is 9.87. The molecular weight excluding hydrogens is 370 g/mol. The van der Waals surface area contributed by atoms with E-state index in [0.29, 0.717) is 0 Å². The van der Waals surface area contributed by atoms with Gasteiger partial charge >= 0.3 is 0 Å². The van der Waals surface area contributed by atoms with E-state index < -0.39 is 0 Å². The van der Waals surface area contributed by atoms with E-state index >= 15 is 0 Å². The lowest BCUT2D eigenvalue weighted by Gasteiger charge is -2.20. The van der Waals surface area contributed by atoms with E-state index in [1.807, 2.05) is 50.4 Å². The summed E-state index contributed by atoms with van der Waals surface area (Å²) in [4.78, 5) is 13.9. The summed E-state index contributed by atoms with van der Waals surface area (Å²) in [5.74, 6) is 0. The summed E-state index contributed by atoms with van der Waals surface area (Å²) in [5.41, 5.74) is 7.79. The quantitative estimate of drug-likeness (QED) is 0.435. The molecular formula is C25H21N5. The topological polar surface area (TPSA) is 55.1 Å². The number of aryl methyl sites for hydroxylation is 1. The molecule has 146 valence electrons. The zero-order chi connectivity index (χ0) is 20.5. The second-order valence-corrected chi connectivity index (χ2v) is 7.11. The van der Waals surface area contributed by atoms with Gasteiger partial charge in [-0.15, -0.1) is 0 Å². The Hall–Kier alpha value is -3.99. The number of nitrogens with one attached hydrogen (secondary N) is 1. The Balaban J connectivity index is 1.81. The first-order chi connectivity index (χ1) is 14.7. The van der Waals surface area contributed by atoms with E-state index in [1.54, 1.807) is 6.20 Å². The van der Waals surface area contributed by atoms with Crippen LogP contribution in [0.25, 0.3) is 28.1 Å². The average molecular weight is 391 g/mol. The summed E-state index contributed by atoms with van der Waals surface area (Å²) >= 11 is 0. The van der Waals surface area contributed by atoms with E-state index in [0.717, 1.165) is 50.5 Å². The molecule has 1 aliphatic heterocycles. The second kappa shape index (κ2) is 7.44. The van der Waals surface area contributed by atoms with Crippen LogP contribution in [0.15, 0.2) is 90.1 Å². The number of aromatic nitrogens is 3. The number of anilines is 2. The van der Waals surface area contributed by atoms with Gasteiger partial charge in [0.05, 0.1) is 44.8 Å². The molecule has 1 aromatic heterocycles. The molecule has 0 radical (unpaired) electrons. The predicted octanol–water partition coefficient (Wildman–Crippen LogP) is 5.11. The molecule has 0 spiro atoms. The minimum atomic E-state index is 0.868. The molecule has 1 N–H and O–H groups in total. The van der Waals surface area contributed by atoms with Crippen molar-refractivity contribution in [2.24, 2.45) is 4.99 Å². The molecule has 1 aliphatic carbocycles. The molecule has 5 heteroatoms. The zero-order valence-corrected chi connectivity index (χ0v) is 16.9. The van der Waals surface area contributed by atoms with Crippen LogP contribution in [0.4, 0.5) is 11.4 Å². The number of rotatable bonds is 3. The third kappa shape index (κ3) is 3.10. The fraction of sp³-hybridized carbons (Fsp3) is 0.0800. The van der Waals surface area contributed by atoms with Crippen LogP contribution >= 0.6 is 0 Å². The molecule has 2 aromatic carbocycles. The summed E-state index contributed by atoms with van der Waals surface area (Å²) in [7, 11) is 1.81. The molecule has 2 aliphatic rings. The van der Waals surface area contributed by atoms with Crippen LogP contribution < -0.4 is 10.7 Å². The lowest BCUT2D eigenvalue weighted by molar-refractivity contribution is 1.07. The molecule has 0 saturated carbocycles. The van der Waals surface area contributed by atoms with Crippen molar-refractivity contribution in [3.8, 4) is 17.1 Å². The monoisotopic (exact) mass is 391 g/mol. The minimum absolute atomic E-state index is 0.868. The molecule has 5 rings (SSSR count). The van der Waals surface area contributed by atoms with Gasteiger partial charge in [0.2, 0.25) is 0 Å². The molecule has 5 nitrogen and oxygen atoms in total. The van der Waals surface area contributed by atoms with E-state index in [4.69, 9.17) is 4.98 Å². The number of fused-ring (bicyclic) bond motifs is 2. The Bertz CT molecular complexity index is 1390. The van der Waals surface area contributed by atoms with Crippen LogP contribution in [-0.2, 0) is 0 Å². The summed E-state index contributed by atoms with van der Waals surface area (Å²) < 4.78 is 2.24. The first-order valence-electron chi connectivity index (χ1n) is 9.87. The highest BCUT2D eigenvalue weighted by atomic mass is 15.0. The highest BCUT2D eigenvalue weighted by Gasteiger charge is 2.16. The van der Waals surface area contributed by atoms with Crippen LogP contribution in [0.3, 0.4) is 0 Å². The van der Waals surface area contributed by atoms with Crippen molar-refractivity contribution in [3.05, 3.63) is 96.1 Å². The van der Waals surface area contributed by atoms with Gasteiger partial charge in [0.25, 0.3) is 0 Å². The number of para-hydroxylation sites is 3. The number of hydrogen-bond acceptors (Lipinski definition) is 4. The van der Waals surface area contributed by atoms with Gasteiger partial charge in [-0.05, 0) is 55.5 Å². The van der Waals surface area contributed by atoms with Crippen molar-refractivity contribution in [2.75, 3.05) is 12.4 Å². The number of benzene rings is 3. The molecule has 2 heterocycles. The zero-order valence-electron chi connectivity index (χ0n) is 16.9. The van der Waals surface area contributed by atoms with E-state index in [-0.39, 0.29) is 0 Å². The van der Waals surface area contributed by atoms with Gasteiger partial charge in [0, 0.05) is 18.9 Å². The van der Waals surface area contributed by atoms with Gasteiger partial charge in [-0.2, -0.15) is 0 Å². The lowest BCUT2D eigenvalue weighted by Crippen LogP contribution is -2.15. The Kier molecular flexibility index (Phi) is 4.48. The van der Waals surface area contributed by atoms with Gasteiger partial charge in [-0.25, -0.2) is 4.98 Å². The van der Waals surface area contributed by atoms with Gasteiger partial charge in [0.1, 0.15) is 0 Å². The third-order valence-corrected chi connectivity index (χ3v) is 5.23. The summed E-state index contributed by atoms with van der Waals surface area (Å²) in [6, 6.07) is 26.7. The maximum Gasteiger partial charge on any atom is 0.0900 e. The fourth-order valence-corrected chi connectivity index (χ4v) is 3.74. The van der Waals surface area contributed by atoms with Crippen LogP contribution in [0.2, 0.25) is 0 Å². The van der Waals surface area contributed by atoms with Crippen molar-refractivity contribution in [1.29, 1.82) is 0 Å². The van der Waals surface area contributed by atoms with E-state index in [2.05, 4.69) is 62.3 Å². The van der Waals surface area contributed by atoms with Crippen molar-refractivity contribution in [3.63, 3.8) is 0 Å². The first kappa shape index (κ1) is 18.1. The number of pyridine rings is 1. The minimum Gasteiger partial charge on any atom is -0.352 e. The Morgan fingerprint density at radius 1 is 0.867 bits per heavy atom. The molecule has 0 fully saturated rings. The third-order valence-electron chi connectivity index (χ3n) is 5.23. The van der Waals surface area contributed by atoms with Crippen molar-refractivity contribution in [2.45, 2.75) is 6.92 Å². The molecule has 0 amide bonds. The molecule has 0 bridgehead atoms. The molecule has 3 aromatic rings. The van der Waals surface area contributed by atoms with Crippen LogP contribution in [0.5, 0.6) is 0 Å². The normalized spacial score (nSPS) is 11.9. The second-order valence-electron chi connectivity index (χ2n) is 7.11. The lowest BCUT2D eigenvalue weighted by atomic mass is 10.1. The molecule has 30 heavy (non-hydrogen) atoms. The highest BCUT2D eigenvalue weighted by molar-refractivity contribution is 5.84. The van der Waals surface area contributed by atoms with Crippen LogP contribution in [0, 0.1) is 6.92 Å². The maximum absolute atomic E-state index is 4.95.